The number of carbonyl (C=O) groups excluding carboxylic acids is 2. The minimum absolute atomic E-state index is 0.0427. The third-order valence-corrected chi connectivity index (χ3v) is 6.26. The number of rotatable bonds is 7. The molecular weight excluding hydrogens is 487 g/mol. The van der Waals surface area contributed by atoms with Crippen molar-refractivity contribution < 1.29 is 18.7 Å². The van der Waals surface area contributed by atoms with E-state index < -0.39 is 11.2 Å². The Hall–Kier alpha value is -4.86. The number of nitrogens with one attached hydrogen (secondary N) is 2. The fourth-order valence-corrected chi connectivity index (χ4v) is 4.25. The monoisotopic (exact) mass is 512 g/mol. The second kappa shape index (κ2) is 9.89. The number of hydrogen-bond acceptors (Lipinski definition) is 7. The Balaban J connectivity index is 1.30. The third kappa shape index (κ3) is 4.75. The van der Waals surface area contributed by atoms with Crippen LogP contribution in [0.15, 0.2) is 73.1 Å². The van der Waals surface area contributed by atoms with Gasteiger partial charge in [-0.25, -0.2) is 9.97 Å². The average Bonchev–Trinajstić information content (AvgIpc) is 3.11. The number of nitrogens with zero attached hydrogens (tertiary/aromatic N) is 4. The summed E-state index contributed by atoms with van der Waals surface area (Å²) < 4.78 is 20.1. The molecule has 192 valence electrons. The van der Waals surface area contributed by atoms with Gasteiger partial charge in [-0.1, -0.05) is 6.07 Å². The predicted molar refractivity (Wildman–Crippen MR) is 141 cm³/mol. The number of fused-ring (bicyclic) bond motifs is 1. The Bertz CT molecular complexity index is 1510. The maximum absolute atomic E-state index is 14.5. The van der Waals surface area contributed by atoms with Crippen molar-refractivity contribution >= 4 is 35.0 Å². The van der Waals surface area contributed by atoms with Crippen LogP contribution in [0.3, 0.4) is 0 Å². The summed E-state index contributed by atoms with van der Waals surface area (Å²) in [5.74, 6) is -0.462. The molecule has 0 aliphatic carbocycles. The second-order valence-electron chi connectivity index (χ2n) is 9.17. The third-order valence-electron chi connectivity index (χ3n) is 6.26. The molecule has 0 spiro atoms. The summed E-state index contributed by atoms with van der Waals surface area (Å²) in [5, 5.41) is 5.76. The molecule has 9 nitrogen and oxygen atoms in total. The first kappa shape index (κ1) is 24.8. The quantitative estimate of drug-likeness (QED) is 0.339. The topological polar surface area (TPSA) is 109 Å². The number of anilines is 4. The minimum Gasteiger partial charge on any atom is -0.436 e. The zero-order chi connectivity index (χ0) is 26.9. The smallest absolute Gasteiger partial charge is 0.260 e. The lowest BCUT2D eigenvalue weighted by atomic mass is 9.86. The van der Waals surface area contributed by atoms with E-state index in [-0.39, 0.29) is 23.6 Å². The van der Waals surface area contributed by atoms with Gasteiger partial charge < -0.3 is 20.3 Å². The van der Waals surface area contributed by atoms with E-state index in [2.05, 4.69) is 25.6 Å². The largest absolute Gasteiger partial charge is 0.436 e. The molecule has 4 aromatic rings. The van der Waals surface area contributed by atoms with Crippen LogP contribution >= 0.6 is 0 Å². The van der Waals surface area contributed by atoms with E-state index in [1.807, 2.05) is 39.0 Å². The Morgan fingerprint density at radius 3 is 2.58 bits per heavy atom. The van der Waals surface area contributed by atoms with Crippen LogP contribution in [0.1, 0.15) is 36.7 Å². The maximum atomic E-state index is 14.5. The van der Waals surface area contributed by atoms with Crippen LogP contribution in [0.2, 0.25) is 0 Å². The van der Waals surface area contributed by atoms with E-state index in [1.165, 1.54) is 0 Å². The number of hydrogen-bond donors (Lipinski definition) is 2. The highest BCUT2D eigenvalue weighted by atomic mass is 19.1. The lowest BCUT2D eigenvalue weighted by Gasteiger charge is -2.18. The highest BCUT2D eigenvalue weighted by Gasteiger charge is 2.43. The Morgan fingerprint density at radius 2 is 1.87 bits per heavy atom. The molecule has 5 rings (SSSR count). The first-order valence-electron chi connectivity index (χ1n) is 12.0. The highest BCUT2D eigenvalue weighted by Crippen LogP contribution is 2.42. The zero-order valence-corrected chi connectivity index (χ0v) is 21.0. The Morgan fingerprint density at radius 1 is 1.08 bits per heavy atom. The van der Waals surface area contributed by atoms with Crippen molar-refractivity contribution in [3.63, 3.8) is 0 Å². The predicted octanol–water partition coefficient (Wildman–Crippen LogP) is 5.44. The van der Waals surface area contributed by atoms with Crippen molar-refractivity contribution in [2.24, 2.45) is 0 Å². The van der Waals surface area contributed by atoms with E-state index in [0.29, 0.717) is 29.4 Å². The highest BCUT2D eigenvalue weighted by molar-refractivity contribution is 6.08. The molecule has 0 fully saturated rings. The summed E-state index contributed by atoms with van der Waals surface area (Å²) in [7, 11) is 0. The van der Waals surface area contributed by atoms with Gasteiger partial charge in [0.15, 0.2) is 0 Å². The van der Waals surface area contributed by atoms with Crippen LogP contribution < -0.4 is 20.3 Å². The van der Waals surface area contributed by atoms with Gasteiger partial charge in [0.05, 0.1) is 11.6 Å². The van der Waals surface area contributed by atoms with Crippen molar-refractivity contribution in [2.75, 3.05) is 22.1 Å². The number of amides is 2. The van der Waals surface area contributed by atoms with Gasteiger partial charge in [0.1, 0.15) is 11.6 Å². The lowest BCUT2D eigenvalue weighted by Crippen LogP contribution is -2.35. The Kier molecular flexibility index (Phi) is 6.46. The molecule has 0 radical (unpaired) electrons. The number of likely N-dealkylation sites (N-methyl/N-ethyl adjacent to an activating group) is 1. The molecule has 10 heteroatoms. The lowest BCUT2D eigenvalue weighted by molar-refractivity contribution is -0.122. The van der Waals surface area contributed by atoms with Crippen molar-refractivity contribution in [3.05, 3.63) is 90.0 Å². The van der Waals surface area contributed by atoms with Crippen LogP contribution in [-0.4, -0.2) is 33.3 Å². The molecule has 0 bridgehead atoms. The van der Waals surface area contributed by atoms with Crippen LogP contribution in [0, 0.1) is 5.82 Å². The SMILES string of the molecule is CCN1C(=O)C(C)(C)c2cc(Nc3ncc(F)c(Oc4ccc(C(=O)Nc5ccccn5)cc4)n3)ccc21. The van der Waals surface area contributed by atoms with Gasteiger partial charge in [-0.05, 0) is 80.9 Å². The molecule has 2 N–H and O–H groups in total. The van der Waals surface area contributed by atoms with Crippen LogP contribution in [0.5, 0.6) is 11.6 Å². The molecule has 0 saturated carbocycles. The second-order valence-corrected chi connectivity index (χ2v) is 9.17. The van der Waals surface area contributed by atoms with Gasteiger partial charge in [0, 0.05) is 29.7 Å². The Labute approximate surface area is 218 Å². The number of pyridine rings is 1. The van der Waals surface area contributed by atoms with Crippen LogP contribution in [0.4, 0.5) is 27.5 Å². The summed E-state index contributed by atoms with van der Waals surface area (Å²) >= 11 is 0. The molecule has 1 aliphatic heterocycles. The molecule has 2 amide bonds. The van der Waals surface area contributed by atoms with E-state index in [1.54, 1.807) is 53.6 Å². The van der Waals surface area contributed by atoms with Crippen molar-refractivity contribution in [1.29, 1.82) is 0 Å². The maximum Gasteiger partial charge on any atom is 0.260 e. The number of benzene rings is 2. The fourth-order valence-electron chi connectivity index (χ4n) is 4.25. The van der Waals surface area contributed by atoms with Gasteiger partial charge in [-0.3, -0.25) is 9.59 Å². The molecule has 38 heavy (non-hydrogen) atoms. The number of carbonyl (C=O) groups is 2. The number of aromatic nitrogens is 3. The van der Waals surface area contributed by atoms with Crippen molar-refractivity contribution in [3.8, 4) is 11.6 Å². The van der Waals surface area contributed by atoms with Crippen molar-refractivity contribution in [2.45, 2.75) is 26.2 Å². The van der Waals surface area contributed by atoms with E-state index in [9.17, 15) is 14.0 Å². The summed E-state index contributed by atoms with van der Waals surface area (Å²) in [6.07, 6.45) is 2.59. The van der Waals surface area contributed by atoms with E-state index in [4.69, 9.17) is 4.74 Å². The van der Waals surface area contributed by atoms with Gasteiger partial charge in [-0.15, -0.1) is 0 Å². The molecule has 1 aliphatic rings. The number of ether oxygens (including phenoxy) is 1. The van der Waals surface area contributed by atoms with Crippen LogP contribution in [-0.2, 0) is 10.2 Å². The molecule has 0 unspecified atom stereocenters. The minimum atomic E-state index is -0.744. The van der Waals surface area contributed by atoms with Crippen molar-refractivity contribution in [1.82, 2.24) is 15.0 Å². The number of halogens is 1. The van der Waals surface area contributed by atoms with E-state index in [0.717, 1.165) is 17.4 Å². The van der Waals surface area contributed by atoms with Gasteiger partial charge >= 0.3 is 0 Å². The summed E-state index contributed by atoms with van der Waals surface area (Å²) in [6, 6.07) is 17.0. The standard InChI is InChI=1S/C28H25FN6O3/c1-4-35-22-13-10-18(15-20(22)28(2,3)26(35)37)32-27-31-16-21(29)25(34-27)38-19-11-8-17(9-12-19)24(36)33-23-7-5-6-14-30-23/h5-16H,4H2,1-3H3,(H,30,33,36)(H,31,32,34). The molecule has 3 heterocycles. The molecule has 2 aromatic heterocycles. The molecule has 0 atom stereocenters. The first-order valence-corrected chi connectivity index (χ1v) is 12.0. The molecular formula is C28H25FN6O3. The normalized spacial score (nSPS) is 13.7. The molecule has 0 saturated heterocycles. The molecule has 2 aromatic carbocycles. The summed E-state index contributed by atoms with van der Waals surface area (Å²) in [6.45, 7) is 6.30. The summed E-state index contributed by atoms with van der Waals surface area (Å²) in [4.78, 5) is 39.2. The van der Waals surface area contributed by atoms with E-state index >= 15 is 0 Å². The summed E-state index contributed by atoms with van der Waals surface area (Å²) in [5.41, 5.74) is 2.13. The first-order chi connectivity index (χ1) is 18.3. The van der Waals surface area contributed by atoms with Crippen LogP contribution in [0.25, 0.3) is 0 Å². The average molecular weight is 513 g/mol. The van der Waals surface area contributed by atoms with Gasteiger partial charge in [0.25, 0.3) is 11.8 Å². The fraction of sp³-hybridized carbons (Fsp3) is 0.179. The van der Waals surface area contributed by atoms with Gasteiger partial charge in [-0.2, -0.15) is 9.37 Å². The zero-order valence-electron chi connectivity index (χ0n) is 21.0. The van der Waals surface area contributed by atoms with Gasteiger partial charge in [0.2, 0.25) is 17.7 Å².